The van der Waals surface area contributed by atoms with Gasteiger partial charge in [0.25, 0.3) is 5.78 Å². The Hall–Kier alpha value is -2.01. The van der Waals surface area contributed by atoms with Gasteiger partial charge in [0, 0.05) is 11.1 Å². The van der Waals surface area contributed by atoms with Crippen molar-refractivity contribution in [1.82, 2.24) is 0 Å². The van der Waals surface area contributed by atoms with Crippen LogP contribution in [0.5, 0.6) is 5.75 Å². The third-order valence-electron chi connectivity index (χ3n) is 2.78. The highest BCUT2D eigenvalue weighted by molar-refractivity contribution is 6.39. The van der Waals surface area contributed by atoms with E-state index in [0.717, 1.165) is 13.2 Å². The average Bonchev–Trinajstić information content (AvgIpc) is 2.40. The number of carbonyl (C=O) groups excluding carboxylic acids is 2. The molecule has 0 aromatic heterocycles. The molecule has 0 fully saturated rings. The molecule has 0 aliphatic rings. The van der Waals surface area contributed by atoms with Crippen LogP contribution in [0.4, 0.5) is 0 Å². The molecule has 0 bridgehead atoms. The normalized spacial score (nSPS) is 11.2. The highest BCUT2D eigenvalue weighted by atomic mass is 35.5. The van der Waals surface area contributed by atoms with Crippen LogP contribution >= 0.6 is 11.6 Å². The highest BCUT2D eigenvalue weighted by Gasteiger charge is 2.19. The van der Waals surface area contributed by atoms with Crippen LogP contribution in [0, 0.1) is 13.8 Å². The lowest BCUT2D eigenvalue weighted by atomic mass is 10.0. The van der Waals surface area contributed by atoms with Gasteiger partial charge >= 0.3 is 5.97 Å². The number of halogens is 1. The second-order valence-electron chi connectivity index (χ2n) is 4.09. The molecule has 1 aromatic carbocycles. The first-order chi connectivity index (χ1) is 9.33. The SMILES string of the molecule is COC(=O)C(=O)/C=C(\O)c1c(C)c(Cl)cc(C)c1OC. The van der Waals surface area contributed by atoms with E-state index in [4.69, 9.17) is 16.3 Å². The number of rotatable bonds is 4. The molecule has 0 atom stereocenters. The van der Waals surface area contributed by atoms with Crippen LogP contribution in [0.1, 0.15) is 16.7 Å². The number of ether oxygens (including phenoxy) is 2. The fraction of sp³-hybridized carbons (Fsp3) is 0.286. The summed E-state index contributed by atoms with van der Waals surface area (Å²) in [4.78, 5) is 22.5. The zero-order valence-corrected chi connectivity index (χ0v) is 12.4. The van der Waals surface area contributed by atoms with Crippen LogP contribution in [-0.2, 0) is 14.3 Å². The molecule has 0 aliphatic carbocycles. The Morgan fingerprint density at radius 2 is 1.90 bits per heavy atom. The minimum Gasteiger partial charge on any atom is -0.507 e. The Kier molecular flexibility index (Phi) is 5.16. The number of methoxy groups -OCH3 is 2. The number of carbonyl (C=O) groups is 2. The molecule has 6 heteroatoms. The number of aryl methyl sites for hydroxylation is 1. The van der Waals surface area contributed by atoms with Crippen LogP contribution < -0.4 is 4.74 Å². The van der Waals surface area contributed by atoms with E-state index in [1.807, 2.05) is 0 Å². The Morgan fingerprint density at radius 1 is 1.30 bits per heavy atom. The molecule has 1 rings (SSSR count). The van der Waals surface area contributed by atoms with E-state index in [-0.39, 0.29) is 5.56 Å². The van der Waals surface area contributed by atoms with Crippen molar-refractivity contribution in [2.45, 2.75) is 13.8 Å². The molecular formula is C14H15ClO5. The van der Waals surface area contributed by atoms with Gasteiger partial charge in [0.1, 0.15) is 11.5 Å². The summed E-state index contributed by atoms with van der Waals surface area (Å²) in [6.45, 7) is 3.43. The van der Waals surface area contributed by atoms with Crippen molar-refractivity contribution in [2.75, 3.05) is 14.2 Å². The molecule has 0 aliphatic heterocycles. The number of hydrogen-bond donors (Lipinski definition) is 1. The van der Waals surface area contributed by atoms with Crippen LogP contribution in [0.2, 0.25) is 5.02 Å². The zero-order valence-electron chi connectivity index (χ0n) is 11.6. The van der Waals surface area contributed by atoms with Gasteiger partial charge in [0.15, 0.2) is 0 Å². The molecule has 1 N–H and O–H groups in total. The van der Waals surface area contributed by atoms with Gasteiger partial charge in [-0.1, -0.05) is 11.6 Å². The fourth-order valence-electron chi connectivity index (χ4n) is 1.78. The van der Waals surface area contributed by atoms with Gasteiger partial charge in [-0.15, -0.1) is 0 Å². The van der Waals surface area contributed by atoms with Crippen LogP contribution in [-0.4, -0.2) is 31.1 Å². The summed E-state index contributed by atoms with van der Waals surface area (Å²) in [5.41, 5.74) is 1.51. The number of hydrogen-bond acceptors (Lipinski definition) is 5. The monoisotopic (exact) mass is 298 g/mol. The third-order valence-corrected chi connectivity index (χ3v) is 3.17. The Labute approximate surface area is 121 Å². The Morgan fingerprint density at radius 3 is 2.40 bits per heavy atom. The Bertz CT molecular complexity index is 590. The lowest BCUT2D eigenvalue weighted by molar-refractivity contribution is -0.149. The molecule has 0 amide bonds. The number of ketones is 1. The maximum Gasteiger partial charge on any atom is 0.378 e. The molecule has 0 radical (unpaired) electrons. The molecule has 108 valence electrons. The molecule has 1 aromatic rings. The molecule has 0 heterocycles. The van der Waals surface area contributed by atoms with Gasteiger partial charge < -0.3 is 14.6 Å². The van der Waals surface area contributed by atoms with Crippen molar-refractivity contribution in [3.63, 3.8) is 0 Å². The number of benzene rings is 1. The average molecular weight is 299 g/mol. The van der Waals surface area contributed by atoms with E-state index in [1.54, 1.807) is 19.9 Å². The molecular weight excluding hydrogens is 284 g/mol. The largest absolute Gasteiger partial charge is 0.507 e. The number of aliphatic hydroxyl groups is 1. The zero-order chi connectivity index (χ0) is 15.4. The second kappa shape index (κ2) is 6.43. The summed E-state index contributed by atoms with van der Waals surface area (Å²) in [6.07, 6.45) is 0.784. The van der Waals surface area contributed by atoms with E-state index < -0.39 is 17.5 Å². The third kappa shape index (κ3) is 3.11. The van der Waals surface area contributed by atoms with Crippen LogP contribution in [0.15, 0.2) is 12.1 Å². The lowest BCUT2D eigenvalue weighted by Gasteiger charge is -2.15. The van der Waals surface area contributed by atoms with Crippen molar-refractivity contribution in [3.05, 3.63) is 33.9 Å². The van der Waals surface area contributed by atoms with E-state index in [0.29, 0.717) is 21.9 Å². The van der Waals surface area contributed by atoms with E-state index in [2.05, 4.69) is 4.74 Å². The van der Waals surface area contributed by atoms with E-state index in [9.17, 15) is 14.7 Å². The Balaban J connectivity index is 3.42. The van der Waals surface area contributed by atoms with Crippen molar-refractivity contribution in [2.24, 2.45) is 0 Å². The van der Waals surface area contributed by atoms with Gasteiger partial charge in [-0.2, -0.15) is 0 Å². The minimum absolute atomic E-state index is 0.273. The lowest BCUT2D eigenvalue weighted by Crippen LogP contribution is -2.13. The summed E-state index contributed by atoms with van der Waals surface area (Å²) in [5, 5.41) is 10.5. The molecule has 0 unspecified atom stereocenters. The second-order valence-corrected chi connectivity index (χ2v) is 4.50. The van der Waals surface area contributed by atoms with Crippen molar-refractivity contribution in [3.8, 4) is 5.75 Å². The van der Waals surface area contributed by atoms with Gasteiger partial charge in [-0.3, -0.25) is 4.79 Å². The first-order valence-electron chi connectivity index (χ1n) is 5.70. The highest BCUT2D eigenvalue weighted by Crippen LogP contribution is 2.35. The molecule has 0 spiro atoms. The van der Waals surface area contributed by atoms with E-state index in [1.165, 1.54) is 7.11 Å². The number of aliphatic hydroxyl groups excluding tert-OH is 1. The van der Waals surface area contributed by atoms with Gasteiger partial charge in [0.05, 0.1) is 19.8 Å². The van der Waals surface area contributed by atoms with Crippen LogP contribution in [0.25, 0.3) is 5.76 Å². The topological polar surface area (TPSA) is 72.8 Å². The van der Waals surface area contributed by atoms with Gasteiger partial charge in [0.2, 0.25) is 0 Å². The predicted octanol–water partition coefficient (Wildman–Crippen LogP) is 2.61. The molecule has 0 saturated carbocycles. The van der Waals surface area contributed by atoms with Gasteiger partial charge in [-0.05, 0) is 31.0 Å². The molecule has 20 heavy (non-hydrogen) atoms. The van der Waals surface area contributed by atoms with Crippen LogP contribution in [0.3, 0.4) is 0 Å². The van der Waals surface area contributed by atoms with Gasteiger partial charge in [-0.25, -0.2) is 4.79 Å². The molecule has 0 saturated heterocycles. The standard InChI is InChI=1S/C14H15ClO5/c1-7-5-9(15)8(2)12(13(7)19-3)10(16)6-11(17)14(18)20-4/h5-6,16H,1-4H3/b10-6-. The minimum atomic E-state index is -1.06. The summed E-state index contributed by atoms with van der Waals surface area (Å²) >= 11 is 6.05. The summed E-state index contributed by atoms with van der Waals surface area (Å²) in [6, 6.07) is 1.69. The summed E-state index contributed by atoms with van der Waals surface area (Å²) in [5.74, 6) is -2.05. The van der Waals surface area contributed by atoms with Crippen molar-refractivity contribution in [1.29, 1.82) is 0 Å². The van der Waals surface area contributed by atoms with Crippen molar-refractivity contribution >= 4 is 29.1 Å². The smallest absolute Gasteiger partial charge is 0.378 e. The molecule has 5 nitrogen and oxygen atoms in total. The predicted molar refractivity (Wildman–Crippen MR) is 75.1 cm³/mol. The van der Waals surface area contributed by atoms with E-state index >= 15 is 0 Å². The maximum atomic E-state index is 11.5. The maximum absolute atomic E-state index is 11.5. The fourth-order valence-corrected chi connectivity index (χ4v) is 2.04. The van der Waals surface area contributed by atoms with Crippen molar-refractivity contribution < 1.29 is 24.2 Å². The first kappa shape index (κ1) is 16.0. The quantitative estimate of drug-likeness (QED) is 0.400. The summed E-state index contributed by atoms with van der Waals surface area (Å²) in [7, 11) is 2.52. The number of esters is 1. The first-order valence-corrected chi connectivity index (χ1v) is 6.08. The summed E-state index contributed by atoms with van der Waals surface area (Å²) < 4.78 is 9.50.